The van der Waals surface area contributed by atoms with Crippen LogP contribution in [0.1, 0.15) is 18.4 Å². The normalized spacial score (nSPS) is 28.2. The van der Waals surface area contributed by atoms with Crippen molar-refractivity contribution in [3.05, 3.63) is 53.9 Å². The number of nitrogens with zero attached hydrogens (tertiary/aromatic N) is 2. The number of benzene rings is 1. The fourth-order valence-corrected chi connectivity index (χ4v) is 5.06. The number of nitrogens with one attached hydrogen (secondary N) is 1. The number of amides is 2. The molecule has 0 radical (unpaired) electrons. The predicted molar refractivity (Wildman–Crippen MR) is 121 cm³/mol. The second kappa shape index (κ2) is 9.60. The van der Waals surface area contributed by atoms with Crippen molar-refractivity contribution in [2.24, 2.45) is 5.92 Å². The number of carbonyl (C=O) groups is 2. The van der Waals surface area contributed by atoms with Crippen LogP contribution in [0.25, 0.3) is 5.57 Å². The maximum atomic E-state index is 13.7. The van der Waals surface area contributed by atoms with E-state index in [1.807, 2.05) is 29.2 Å². The van der Waals surface area contributed by atoms with Crippen LogP contribution in [0, 0.1) is 11.7 Å². The lowest BCUT2D eigenvalue weighted by Gasteiger charge is -2.52. The summed E-state index contributed by atoms with van der Waals surface area (Å²) in [5, 5.41) is 11.9. The molecule has 1 aliphatic carbocycles. The van der Waals surface area contributed by atoms with E-state index in [0.717, 1.165) is 11.1 Å². The van der Waals surface area contributed by atoms with Gasteiger partial charge in [-0.05, 0) is 42.2 Å². The van der Waals surface area contributed by atoms with Gasteiger partial charge in [-0.15, -0.1) is 11.6 Å². The molecule has 3 atom stereocenters. The second-order valence-electron chi connectivity index (χ2n) is 8.42. The molecule has 7 nitrogen and oxygen atoms in total. The summed E-state index contributed by atoms with van der Waals surface area (Å²) in [4.78, 5) is 28.0. The molecule has 0 aromatic heterocycles. The summed E-state index contributed by atoms with van der Waals surface area (Å²) in [6.07, 6.45) is 5.39. The number of allylic oxidation sites excluding steroid dienone is 2. The summed E-state index contributed by atoms with van der Waals surface area (Å²) in [5.41, 5.74) is -0.726. The third-order valence-corrected chi connectivity index (χ3v) is 6.55. The van der Waals surface area contributed by atoms with E-state index in [1.165, 1.54) is 17.0 Å². The number of methoxy groups -OCH3 is 1. The first kappa shape index (κ1) is 24.2. The first-order chi connectivity index (χ1) is 15.2. The number of likely N-dealkylation sites (N-methyl/N-ethyl adjacent to an activating group) is 1. The first-order valence-electron chi connectivity index (χ1n) is 10.4. The Morgan fingerprint density at radius 1 is 1.41 bits per heavy atom. The molecule has 3 unspecified atom stereocenters. The molecule has 1 aromatic carbocycles. The van der Waals surface area contributed by atoms with Crippen LogP contribution in [-0.2, 0) is 9.53 Å². The number of likely N-dealkylation sites (tertiary alicyclic amines) is 1. The van der Waals surface area contributed by atoms with Crippen LogP contribution in [0.5, 0.6) is 0 Å². The van der Waals surface area contributed by atoms with Crippen molar-refractivity contribution in [1.82, 2.24) is 15.1 Å². The Morgan fingerprint density at radius 2 is 2.16 bits per heavy atom. The quantitative estimate of drug-likeness (QED) is 0.631. The molecule has 32 heavy (non-hydrogen) atoms. The smallest absolute Gasteiger partial charge is 0.405 e. The lowest BCUT2D eigenvalue weighted by molar-refractivity contribution is -0.156. The van der Waals surface area contributed by atoms with Crippen molar-refractivity contribution in [2.45, 2.75) is 24.1 Å². The maximum absolute atomic E-state index is 13.7. The lowest BCUT2D eigenvalue weighted by Crippen LogP contribution is -2.70. The third-order valence-electron chi connectivity index (χ3n) is 6.21. The van der Waals surface area contributed by atoms with Crippen LogP contribution >= 0.6 is 11.6 Å². The summed E-state index contributed by atoms with van der Waals surface area (Å²) >= 11 is 6.37. The molecule has 3 rings (SSSR count). The van der Waals surface area contributed by atoms with Crippen LogP contribution in [0.4, 0.5) is 9.18 Å². The zero-order chi connectivity index (χ0) is 23.5. The molecule has 1 saturated heterocycles. The minimum absolute atomic E-state index is 0.130. The molecule has 0 saturated carbocycles. The molecule has 174 valence electrons. The van der Waals surface area contributed by atoms with Crippen molar-refractivity contribution < 1.29 is 23.8 Å². The van der Waals surface area contributed by atoms with Gasteiger partial charge in [-0.25, -0.2) is 9.18 Å². The molecule has 2 amide bonds. The van der Waals surface area contributed by atoms with Gasteiger partial charge in [0.25, 0.3) is 0 Å². The summed E-state index contributed by atoms with van der Waals surface area (Å²) < 4.78 is 19.7. The monoisotopic (exact) mass is 465 g/mol. The van der Waals surface area contributed by atoms with E-state index in [9.17, 15) is 19.1 Å². The molecule has 0 spiro atoms. The van der Waals surface area contributed by atoms with Gasteiger partial charge in [-0.1, -0.05) is 24.3 Å². The Morgan fingerprint density at radius 3 is 2.75 bits per heavy atom. The van der Waals surface area contributed by atoms with E-state index in [1.54, 1.807) is 27.3 Å². The summed E-state index contributed by atoms with van der Waals surface area (Å²) in [5.74, 6) is -0.735. The van der Waals surface area contributed by atoms with Gasteiger partial charge < -0.3 is 20.1 Å². The van der Waals surface area contributed by atoms with Crippen LogP contribution in [0.15, 0.2) is 42.5 Å². The highest BCUT2D eigenvalue weighted by Crippen LogP contribution is 2.40. The Balaban J connectivity index is 1.97. The average molecular weight is 466 g/mol. The molecular formula is C23H29ClFN3O4. The topological polar surface area (TPSA) is 82.1 Å². The number of halogens is 2. The molecule has 0 bridgehead atoms. The largest absolute Gasteiger partial charge is 0.465 e. The van der Waals surface area contributed by atoms with Gasteiger partial charge in [0.15, 0.2) is 0 Å². The Bertz CT molecular complexity index is 938. The molecule has 2 aliphatic rings. The second-order valence-corrected chi connectivity index (χ2v) is 8.73. The van der Waals surface area contributed by atoms with Crippen molar-refractivity contribution in [1.29, 1.82) is 0 Å². The predicted octanol–water partition coefficient (Wildman–Crippen LogP) is 3.17. The number of alkyl halides is 1. The number of piperidine rings is 1. The zero-order valence-corrected chi connectivity index (χ0v) is 19.2. The van der Waals surface area contributed by atoms with Crippen LogP contribution in [0.2, 0.25) is 0 Å². The molecule has 9 heteroatoms. The van der Waals surface area contributed by atoms with Crippen molar-refractivity contribution in [2.75, 3.05) is 40.2 Å². The highest BCUT2D eigenvalue weighted by Gasteiger charge is 2.51. The SMILES string of the molecule is COC1(N2CCCC(NC(=O)O)(C(=O)N(C)C)C2)C=CC(c2cccc(F)c2)=CC1CCl. The van der Waals surface area contributed by atoms with E-state index < -0.39 is 17.4 Å². The number of hydrogen-bond donors (Lipinski definition) is 2. The van der Waals surface area contributed by atoms with Crippen molar-refractivity contribution in [3.63, 3.8) is 0 Å². The minimum atomic E-state index is -1.30. The van der Waals surface area contributed by atoms with Gasteiger partial charge in [0.05, 0.1) is 0 Å². The van der Waals surface area contributed by atoms with Gasteiger partial charge in [0.1, 0.15) is 17.1 Å². The number of ether oxygens (including phenoxy) is 1. The molecule has 2 N–H and O–H groups in total. The summed E-state index contributed by atoms with van der Waals surface area (Å²) in [6.45, 7) is 0.726. The van der Waals surface area contributed by atoms with E-state index in [4.69, 9.17) is 16.3 Å². The van der Waals surface area contributed by atoms with E-state index in [2.05, 4.69) is 5.32 Å². The number of hydrogen-bond acceptors (Lipinski definition) is 4. The molecule has 1 aliphatic heterocycles. The van der Waals surface area contributed by atoms with Gasteiger partial charge in [0, 0.05) is 46.1 Å². The molecule has 1 heterocycles. The standard InChI is InChI=1S/C23H29ClFN3O4/c1-27(2)20(29)22(26-21(30)31)9-5-11-28(15-22)23(32-3)10-8-17(12-18(23)14-24)16-6-4-7-19(25)13-16/h4,6-8,10,12-13,18,26H,5,9,11,14-15H2,1-3H3,(H,30,31). The number of carboxylic acid groups (broad SMARTS) is 1. The van der Waals surface area contributed by atoms with Crippen LogP contribution in [-0.4, -0.2) is 78.3 Å². The first-order valence-corrected chi connectivity index (χ1v) is 11.0. The van der Waals surface area contributed by atoms with Gasteiger partial charge in [-0.2, -0.15) is 0 Å². The molecular weight excluding hydrogens is 437 g/mol. The van der Waals surface area contributed by atoms with Gasteiger partial charge >= 0.3 is 6.09 Å². The summed E-state index contributed by atoms with van der Waals surface area (Å²) in [7, 11) is 4.78. The van der Waals surface area contributed by atoms with Gasteiger partial charge in [0.2, 0.25) is 5.91 Å². The third kappa shape index (κ3) is 4.53. The fourth-order valence-electron chi connectivity index (χ4n) is 4.75. The average Bonchev–Trinajstić information content (AvgIpc) is 2.77. The highest BCUT2D eigenvalue weighted by molar-refractivity contribution is 6.18. The maximum Gasteiger partial charge on any atom is 0.405 e. The van der Waals surface area contributed by atoms with E-state index in [0.29, 0.717) is 19.4 Å². The van der Waals surface area contributed by atoms with Crippen LogP contribution < -0.4 is 5.32 Å². The number of rotatable bonds is 6. The molecule has 1 fully saturated rings. The minimum Gasteiger partial charge on any atom is -0.465 e. The van der Waals surface area contributed by atoms with Crippen molar-refractivity contribution >= 4 is 29.2 Å². The highest BCUT2D eigenvalue weighted by atomic mass is 35.5. The van der Waals surface area contributed by atoms with E-state index >= 15 is 0 Å². The van der Waals surface area contributed by atoms with Crippen LogP contribution in [0.3, 0.4) is 0 Å². The lowest BCUT2D eigenvalue weighted by atomic mass is 9.81. The Hall–Kier alpha value is -2.42. The molecule has 1 aromatic rings. The van der Waals surface area contributed by atoms with E-state index in [-0.39, 0.29) is 30.1 Å². The Kier molecular flexibility index (Phi) is 7.27. The Labute approximate surface area is 192 Å². The van der Waals surface area contributed by atoms with Gasteiger partial charge in [-0.3, -0.25) is 9.69 Å². The summed E-state index contributed by atoms with van der Waals surface area (Å²) in [6, 6.07) is 6.32. The number of carbonyl (C=O) groups excluding carboxylic acids is 1. The fraction of sp³-hybridized carbons (Fsp3) is 0.478. The zero-order valence-electron chi connectivity index (χ0n) is 18.5. The van der Waals surface area contributed by atoms with Crippen molar-refractivity contribution in [3.8, 4) is 0 Å².